The van der Waals surface area contributed by atoms with Gasteiger partial charge in [-0.3, -0.25) is 9.59 Å². The molecule has 1 amide bonds. The molecule has 0 spiro atoms. The van der Waals surface area contributed by atoms with Crippen molar-refractivity contribution < 1.29 is 24.5 Å². The molecule has 0 aromatic carbocycles. The average Bonchev–Trinajstić information content (AvgIpc) is 3.46. The summed E-state index contributed by atoms with van der Waals surface area (Å²) in [6.07, 6.45) is 86.1. The van der Waals surface area contributed by atoms with Crippen molar-refractivity contribution in [1.82, 2.24) is 5.32 Å². The van der Waals surface area contributed by atoms with Gasteiger partial charge in [-0.1, -0.05) is 399 Å². The standard InChI is InChI=1S/C74H147NO5/c1-3-5-7-9-11-13-15-16-17-37-40-43-47-50-54-58-62-66-72(77)71(70-76)75-73(78)67-63-59-55-51-48-44-41-38-35-33-31-29-27-25-23-21-19-18-20-22-24-26-28-30-32-34-36-39-42-45-49-53-57-61-65-69-80-74(79)68-64-60-56-52-46-14-12-10-8-6-4-2/h71-72,76-77H,3-70H2,1-2H3,(H,75,78). The number of carbonyl (C=O) groups is 2. The smallest absolute Gasteiger partial charge is 0.305 e. The molecule has 3 N–H and O–H groups in total. The highest BCUT2D eigenvalue weighted by Crippen LogP contribution is 2.20. The maximum absolute atomic E-state index is 12.5. The number of esters is 1. The van der Waals surface area contributed by atoms with Gasteiger partial charge in [-0.25, -0.2) is 0 Å². The number of aliphatic hydroxyl groups excluding tert-OH is 2. The summed E-state index contributed by atoms with van der Waals surface area (Å²) in [7, 11) is 0. The number of carbonyl (C=O) groups excluding carboxylic acids is 2. The number of nitrogens with one attached hydrogen (secondary N) is 1. The zero-order valence-corrected chi connectivity index (χ0v) is 54.9. The minimum Gasteiger partial charge on any atom is -0.466 e. The zero-order valence-electron chi connectivity index (χ0n) is 54.9. The molecule has 0 aliphatic rings. The Morgan fingerprint density at radius 1 is 0.300 bits per heavy atom. The molecule has 6 heteroatoms. The molecule has 0 rings (SSSR count). The Morgan fingerprint density at radius 3 is 0.762 bits per heavy atom. The van der Waals surface area contributed by atoms with Crippen LogP contribution in [0.2, 0.25) is 0 Å². The van der Waals surface area contributed by atoms with E-state index in [9.17, 15) is 19.8 Å². The van der Waals surface area contributed by atoms with Gasteiger partial charge in [0.2, 0.25) is 5.91 Å². The number of unbranched alkanes of at least 4 members (excludes halogenated alkanes) is 60. The number of aliphatic hydroxyl groups is 2. The highest BCUT2D eigenvalue weighted by molar-refractivity contribution is 5.76. The Hall–Kier alpha value is -1.14. The predicted octanol–water partition coefficient (Wildman–Crippen LogP) is 24.2. The first-order valence-electron chi connectivity index (χ1n) is 37.3. The van der Waals surface area contributed by atoms with Crippen LogP contribution in [0.1, 0.15) is 438 Å². The van der Waals surface area contributed by atoms with Crippen molar-refractivity contribution in [3.63, 3.8) is 0 Å². The normalized spacial score (nSPS) is 12.4. The van der Waals surface area contributed by atoms with Crippen LogP contribution in [-0.4, -0.2) is 47.4 Å². The van der Waals surface area contributed by atoms with Crippen molar-refractivity contribution in [3.8, 4) is 0 Å². The van der Waals surface area contributed by atoms with Gasteiger partial charge >= 0.3 is 5.97 Å². The van der Waals surface area contributed by atoms with Gasteiger partial charge < -0.3 is 20.3 Å². The number of rotatable bonds is 71. The lowest BCUT2D eigenvalue weighted by Gasteiger charge is -2.22. The molecule has 478 valence electrons. The molecular weight excluding hydrogens is 983 g/mol. The summed E-state index contributed by atoms with van der Waals surface area (Å²) in [5.74, 6) is -0.00152. The number of ether oxygens (including phenoxy) is 1. The quantitative estimate of drug-likeness (QED) is 0.0417. The highest BCUT2D eigenvalue weighted by Gasteiger charge is 2.20. The van der Waals surface area contributed by atoms with Gasteiger partial charge in [-0.05, 0) is 25.7 Å². The van der Waals surface area contributed by atoms with Gasteiger partial charge in [-0.15, -0.1) is 0 Å². The molecule has 0 bridgehead atoms. The second kappa shape index (κ2) is 70.3. The third-order valence-corrected chi connectivity index (χ3v) is 17.9. The van der Waals surface area contributed by atoms with Gasteiger partial charge in [0.05, 0.1) is 25.4 Å². The number of amides is 1. The van der Waals surface area contributed by atoms with Gasteiger partial charge in [0.1, 0.15) is 0 Å². The van der Waals surface area contributed by atoms with Crippen LogP contribution in [0.15, 0.2) is 0 Å². The first-order valence-corrected chi connectivity index (χ1v) is 37.3. The van der Waals surface area contributed by atoms with Crippen LogP contribution in [0.4, 0.5) is 0 Å². The van der Waals surface area contributed by atoms with Crippen molar-refractivity contribution in [2.75, 3.05) is 13.2 Å². The lowest BCUT2D eigenvalue weighted by atomic mass is 10.0. The third-order valence-electron chi connectivity index (χ3n) is 17.9. The van der Waals surface area contributed by atoms with E-state index in [1.54, 1.807) is 0 Å². The maximum Gasteiger partial charge on any atom is 0.305 e. The molecule has 6 nitrogen and oxygen atoms in total. The molecular formula is C74H147NO5. The average molecular weight is 1130 g/mol. The minimum atomic E-state index is -0.660. The van der Waals surface area contributed by atoms with E-state index in [1.165, 1.54) is 366 Å². The maximum atomic E-state index is 12.5. The van der Waals surface area contributed by atoms with Crippen molar-refractivity contribution >= 4 is 11.9 Å². The number of hydrogen-bond donors (Lipinski definition) is 3. The second-order valence-electron chi connectivity index (χ2n) is 26.0. The molecule has 0 saturated carbocycles. The summed E-state index contributed by atoms with van der Waals surface area (Å²) >= 11 is 0. The SMILES string of the molecule is CCCCCCCCCCCCCCCCCCCC(O)C(CO)NC(=O)CCCCCCCCCCCCCCCCCCCCCCCCCCCCCCCCCCCCCOC(=O)CCCCCCCCCCCCC. The van der Waals surface area contributed by atoms with E-state index in [-0.39, 0.29) is 18.5 Å². The summed E-state index contributed by atoms with van der Waals surface area (Å²) in [4.78, 5) is 24.5. The molecule has 0 aliphatic carbocycles. The molecule has 0 radical (unpaired) electrons. The van der Waals surface area contributed by atoms with Gasteiger partial charge in [0, 0.05) is 12.8 Å². The summed E-state index contributed by atoms with van der Waals surface area (Å²) in [5.41, 5.74) is 0. The van der Waals surface area contributed by atoms with E-state index in [0.29, 0.717) is 25.9 Å². The zero-order chi connectivity index (χ0) is 57.8. The summed E-state index contributed by atoms with van der Waals surface area (Å²) < 4.78 is 5.48. The van der Waals surface area contributed by atoms with Crippen LogP contribution in [0.3, 0.4) is 0 Å². The Bertz CT molecular complexity index is 1160. The van der Waals surface area contributed by atoms with Crippen LogP contribution >= 0.6 is 0 Å². The fraction of sp³-hybridized carbons (Fsp3) is 0.973. The van der Waals surface area contributed by atoms with Crippen molar-refractivity contribution in [2.45, 2.75) is 450 Å². The van der Waals surface area contributed by atoms with Crippen LogP contribution in [0.25, 0.3) is 0 Å². The summed E-state index contributed by atoms with van der Waals surface area (Å²) in [6.45, 7) is 5.00. The van der Waals surface area contributed by atoms with Gasteiger partial charge in [0.25, 0.3) is 0 Å². The molecule has 2 atom stereocenters. The largest absolute Gasteiger partial charge is 0.466 e. The molecule has 0 aromatic rings. The minimum absolute atomic E-state index is 0.0234. The summed E-state index contributed by atoms with van der Waals surface area (Å²) in [5, 5.41) is 23.4. The molecule has 2 unspecified atom stereocenters. The Balaban J connectivity index is 3.30. The first-order chi connectivity index (χ1) is 39.5. The molecule has 0 aliphatic heterocycles. The third kappa shape index (κ3) is 66.0. The van der Waals surface area contributed by atoms with Crippen LogP contribution in [0.5, 0.6) is 0 Å². The van der Waals surface area contributed by atoms with E-state index < -0.39 is 12.1 Å². The monoisotopic (exact) mass is 1130 g/mol. The van der Waals surface area contributed by atoms with Crippen LogP contribution in [-0.2, 0) is 14.3 Å². The molecule has 0 aromatic heterocycles. The molecule has 0 fully saturated rings. The summed E-state index contributed by atoms with van der Waals surface area (Å²) in [6, 6.07) is -0.536. The van der Waals surface area contributed by atoms with Gasteiger partial charge in [0.15, 0.2) is 0 Å². The van der Waals surface area contributed by atoms with E-state index >= 15 is 0 Å². The van der Waals surface area contributed by atoms with E-state index in [4.69, 9.17) is 4.74 Å². The lowest BCUT2D eigenvalue weighted by molar-refractivity contribution is -0.143. The van der Waals surface area contributed by atoms with Crippen LogP contribution < -0.4 is 5.32 Å². The molecule has 0 heterocycles. The predicted molar refractivity (Wildman–Crippen MR) is 352 cm³/mol. The van der Waals surface area contributed by atoms with E-state index in [1.807, 2.05) is 0 Å². The van der Waals surface area contributed by atoms with Crippen molar-refractivity contribution in [3.05, 3.63) is 0 Å². The highest BCUT2D eigenvalue weighted by atomic mass is 16.5. The second-order valence-corrected chi connectivity index (χ2v) is 26.0. The van der Waals surface area contributed by atoms with E-state index in [2.05, 4.69) is 19.2 Å². The van der Waals surface area contributed by atoms with Gasteiger partial charge in [-0.2, -0.15) is 0 Å². The van der Waals surface area contributed by atoms with Crippen molar-refractivity contribution in [1.29, 1.82) is 0 Å². The Morgan fingerprint density at radius 2 is 0.512 bits per heavy atom. The lowest BCUT2D eigenvalue weighted by Crippen LogP contribution is -2.45. The van der Waals surface area contributed by atoms with Crippen molar-refractivity contribution in [2.24, 2.45) is 0 Å². The fourth-order valence-corrected chi connectivity index (χ4v) is 12.2. The molecule has 80 heavy (non-hydrogen) atoms. The Labute approximate surface area is 502 Å². The first kappa shape index (κ1) is 78.9. The number of hydrogen-bond acceptors (Lipinski definition) is 5. The topological polar surface area (TPSA) is 95.9 Å². The molecule has 0 saturated heterocycles. The Kier molecular flexibility index (Phi) is 69.3. The van der Waals surface area contributed by atoms with Crippen LogP contribution in [0, 0.1) is 0 Å². The fourth-order valence-electron chi connectivity index (χ4n) is 12.2. The van der Waals surface area contributed by atoms with E-state index in [0.717, 1.165) is 38.5 Å².